The molecule has 0 saturated heterocycles. The minimum Gasteiger partial charge on any atom is -0.478 e. The maximum atomic E-state index is 10.8. The summed E-state index contributed by atoms with van der Waals surface area (Å²) in [5, 5.41) is 8.87. The third kappa shape index (κ3) is 2.41. The van der Waals surface area contributed by atoms with E-state index in [1.54, 1.807) is 12.1 Å². The fraction of sp³-hybridized carbons (Fsp3) is 0.400. The van der Waals surface area contributed by atoms with Gasteiger partial charge in [0.1, 0.15) is 0 Å². The van der Waals surface area contributed by atoms with E-state index in [4.69, 9.17) is 5.11 Å². The normalized spacial score (nSPS) is 18.6. The summed E-state index contributed by atoms with van der Waals surface area (Å²) in [7, 11) is 0. The van der Waals surface area contributed by atoms with E-state index in [0.29, 0.717) is 5.56 Å². The van der Waals surface area contributed by atoms with Crippen LogP contribution in [0.3, 0.4) is 0 Å². The van der Waals surface area contributed by atoms with E-state index >= 15 is 0 Å². The van der Waals surface area contributed by atoms with Gasteiger partial charge in [-0.2, -0.15) is 0 Å². The van der Waals surface area contributed by atoms with E-state index in [1.807, 2.05) is 12.1 Å². The molecule has 0 heterocycles. The average molecular weight is 230 g/mol. The van der Waals surface area contributed by atoms with Gasteiger partial charge >= 0.3 is 5.97 Å². The molecule has 2 heteroatoms. The molecule has 0 saturated carbocycles. The van der Waals surface area contributed by atoms with E-state index < -0.39 is 5.97 Å². The van der Waals surface area contributed by atoms with Gasteiger partial charge < -0.3 is 5.11 Å². The summed E-state index contributed by atoms with van der Waals surface area (Å²) in [5.41, 5.74) is 3.05. The van der Waals surface area contributed by atoms with Crippen molar-refractivity contribution in [1.82, 2.24) is 0 Å². The molecule has 0 radical (unpaired) electrons. The van der Waals surface area contributed by atoms with Crippen LogP contribution in [-0.2, 0) is 0 Å². The number of carboxylic acids is 1. The van der Waals surface area contributed by atoms with Gasteiger partial charge in [0.2, 0.25) is 0 Å². The lowest BCUT2D eigenvalue weighted by Crippen LogP contribution is -2.17. The Morgan fingerprint density at radius 3 is 2.41 bits per heavy atom. The van der Waals surface area contributed by atoms with Crippen molar-refractivity contribution in [3.8, 4) is 0 Å². The molecule has 1 aromatic rings. The number of allylic oxidation sites excluding steroid dienone is 2. The first kappa shape index (κ1) is 11.9. The van der Waals surface area contributed by atoms with Crippen molar-refractivity contribution in [3.63, 3.8) is 0 Å². The Kier molecular flexibility index (Phi) is 3.05. The molecule has 0 amide bonds. The highest BCUT2D eigenvalue weighted by atomic mass is 16.4. The van der Waals surface area contributed by atoms with Gasteiger partial charge in [0.15, 0.2) is 0 Å². The largest absolute Gasteiger partial charge is 0.478 e. The van der Waals surface area contributed by atoms with Crippen LogP contribution in [0.25, 0.3) is 5.57 Å². The average Bonchev–Trinajstić information content (AvgIpc) is 2.28. The van der Waals surface area contributed by atoms with Gasteiger partial charge in [0, 0.05) is 0 Å². The van der Waals surface area contributed by atoms with Crippen LogP contribution >= 0.6 is 0 Å². The Morgan fingerprint density at radius 1 is 1.24 bits per heavy atom. The molecule has 0 aromatic heterocycles. The molecule has 0 bridgehead atoms. The summed E-state index contributed by atoms with van der Waals surface area (Å²) in [4.78, 5) is 10.8. The molecule has 0 aliphatic heterocycles. The van der Waals surface area contributed by atoms with Crippen LogP contribution in [0.1, 0.15) is 49.0 Å². The minimum atomic E-state index is -0.867. The van der Waals surface area contributed by atoms with Crippen LogP contribution in [0.4, 0.5) is 0 Å². The molecular weight excluding hydrogens is 212 g/mol. The molecule has 1 aromatic carbocycles. The SMILES string of the molecule is CC1(C)CCCC=C1c1ccc(C(=O)O)cc1. The number of hydrogen-bond donors (Lipinski definition) is 1. The Balaban J connectivity index is 2.34. The Morgan fingerprint density at radius 2 is 1.88 bits per heavy atom. The zero-order valence-electron chi connectivity index (χ0n) is 10.4. The highest BCUT2D eigenvalue weighted by molar-refractivity contribution is 5.88. The van der Waals surface area contributed by atoms with Crippen molar-refractivity contribution in [2.24, 2.45) is 5.41 Å². The number of benzene rings is 1. The Bertz CT molecular complexity index is 452. The van der Waals surface area contributed by atoms with E-state index in [-0.39, 0.29) is 5.41 Å². The molecule has 0 atom stereocenters. The Labute approximate surface area is 102 Å². The van der Waals surface area contributed by atoms with Crippen LogP contribution in [-0.4, -0.2) is 11.1 Å². The van der Waals surface area contributed by atoms with E-state index in [1.165, 1.54) is 18.4 Å². The van der Waals surface area contributed by atoms with Gasteiger partial charge in [0.25, 0.3) is 0 Å². The first-order valence-electron chi connectivity index (χ1n) is 6.05. The predicted molar refractivity (Wildman–Crippen MR) is 69.0 cm³/mol. The van der Waals surface area contributed by atoms with Crippen molar-refractivity contribution in [2.45, 2.75) is 33.1 Å². The van der Waals surface area contributed by atoms with Crippen LogP contribution < -0.4 is 0 Å². The molecule has 2 rings (SSSR count). The lowest BCUT2D eigenvalue weighted by molar-refractivity contribution is 0.0697. The molecule has 90 valence electrons. The van der Waals surface area contributed by atoms with Gasteiger partial charge in [-0.25, -0.2) is 4.79 Å². The molecule has 17 heavy (non-hydrogen) atoms. The van der Waals surface area contributed by atoms with Crippen molar-refractivity contribution in [2.75, 3.05) is 0 Å². The highest BCUT2D eigenvalue weighted by Crippen LogP contribution is 2.42. The molecule has 0 fully saturated rings. The standard InChI is InChI=1S/C15H18O2/c1-15(2)10-4-3-5-13(15)11-6-8-12(9-7-11)14(16)17/h5-9H,3-4,10H2,1-2H3,(H,16,17). The molecule has 0 spiro atoms. The van der Waals surface area contributed by atoms with Crippen molar-refractivity contribution in [1.29, 1.82) is 0 Å². The van der Waals surface area contributed by atoms with Crippen molar-refractivity contribution < 1.29 is 9.90 Å². The molecule has 2 nitrogen and oxygen atoms in total. The maximum absolute atomic E-state index is 10.8. The monoisotopic (exact) mass is 230 g/mol. The third-order valence-corrected chi connectivity index (χ3v) is 3.53. The molecular formula is C15H18O2. The van der Waals surface area contributed by atoms with Gasteiger partial charge in [-0.3, -0.25) is 0 Å². The van der Waals surface area contributed by atoms with E-state index in [2.05, 4.69) is 19.9 Å². The quantitative estimate of drug-likeness (QED) is 0.834. The maximum Gasteiger partial charge on any atom is 0.335 e. The Hall–Kier alpha value is -1.57. The number of carbonyl (C=O) groups is 1. The summed E-state index contributed by atoms with van der Waals surface area (Å²) in [6.45, 7) is 4.51. The second-order valence-corrected chi connectivity index (χ2v) is 5.28. The van der Waals surface area contributed by atoms with Crippen LogP contribution in [0, 0.1) is 5.41 Å². The van der Waals surface area contributed by atoms with Crippen molar-refractivity contribution in [3.05, 3.63) is 41.5 Å². The van der Waals surface area contributed by atoms with Crippen molar-refractivity contribution >= 4 is 11.5 Å². The van der Waals surface area contributed by atoms with Gasteiger partial charge in [-0.15, -0.1) is 0 Å². The summed E-state index contributed by atoms with van der Waals surface area (Å²) in [6, 6.07) is 7.21. The summed E-state index contributed by atoms with van der Waals surface area (Å²) >= 11 is 0. The molecule has 1 aliphatic rings. The number of hydrogen-bond acceptors (Lipinski definition) is 1. The first-order chi connectivity index (χ1) is 8.00. The molecule has 1 N–H and O–H groups in total. The van der Waals surface area contributed by atoms with Gasteiger partial charge in [-0.05, 0) is 47.9 Å². The zero-order chi connectivity index (χ0) is 12.5. The smallest absolute Gasteiger partial charge is 0.335 e. The number of rotatable bonds is 2. The van der Waals surface area contributed by atoms with Crippen LogP contribution in [0.5, 0.6) is 0 Å². The van der Waals surface area contributed by atoms with Crippen LogP contribution in [0.15, 0.2) is 30.3 Å². The highest BCUT2D eigenvalue weighted by Gasteiger charge is 2.26. The first-order valence-corrected chi connectivity index (χ1v) is 6.05. The van der Waals surface area contributed by atoms with E-state index in [9.17, 15) is 4.79 Å². The van der Waals surface area contributed by atoms with E-state index in [0.717, 1.165) is 12.0 Å². The number of carboxylic acid groups (broad SMARTS) is 1. The summed E-state index contributed by atoms with van der Waals surface area (Å²) in [5.74, 6) is -0.867. The van der Waals surface area contributed by atoms with Gasteiger partial charge in [-0.1, -0.05) is 32.1 Å². The lowest BCUT2D eigenvalue weighted by Gasteiger charge is -2.32. The second kappa shape index (κ2) is 4.36. The van der Waals surface area contributed by atoms with Gasteiger partial charge in [0.05, 0.1) is 5.56 Å². The summed E-state index contributed by atoms with van der Waals surface area (Å²) < 4.78 is 0. The van der Waals surface area contributed by atoms with Crippen LogP contribution in [0.2, 0.25) is 0 Å². The molecule has 1 aliphatic carbocycles. The second-order valence-electron chi connectivity index (χ2n) is 5.28. The third-order valence-electron chi connectivity index (χ3n) is 3.53. The summed E-state index contributed by atoms with van der Waals surface area (Å²) in [6.07, 6.45) is 5.85. The fourth-order valence-corrected chi connectivity index (χ4v) is 2.50. The zero-order valence-corrected chi connectivity index (χ0v) is 10.4. The lowest BCUT2D eigenvalue weighted by atomic mass is 9.73. The molecule has 0 unspecified atom stereocenters. The topological polar surface area (TPSA) is 37.3 Å². The predicted octanol–water partition coefficient (Wildman–Crippen LogP) is 3.98. The number of aromatic carboxylic acids is 1. The minimum absolute atomic E-state index is 0.197. The fourth-order valence-electron chi connectivity index (χ4n) is 2.50.